The molecule has 100 valence electrons. The SMILES string of the molecule is CC(C)NCCCC(=O)Nc1ccc(F)c(Cl)c1. The van der Waals surface area contributed by atoms with Crippen LogP contribution in [0.2, 0.25) is 5.02 Å². The Morgan fingerprint density at radius 1 is 1.44 bits per heavy atom. The second kappa shape index (κ2) is 7.34. The van der Waals surface area contributed by atoms with Crippen molar-refractivity contribution in [1.82, 2.24) is 5.32 Å². The minimum absolute atomic E-state index is 0.00859. The molecule has 0 radical (unpaired) electrons. The Balaban J connectivity index is 2.33. The predicted octanol–water partition coefficient (Wildman–Crippen LogP) is 3.20. The van der Waals surface area contributed by atoms with Gasteiger partial charge >= 0.3 is 0 Å². The van der Waals surface area contributed by atoms with Gasteiger partial charge in [-0.25, -0.2) is 4.39 Å². The van der Waals surface area contributed by atoms with E-state index in [0.717, 1.165) is 13.0 Å². The number of amides is 1. The molecule has 1 amide bonds. The average molecular weight is 273 g/mol. The molecule has 0 aromatic heterocycles. The maximum absolute atomic E-state index is 12.9. The van der Waals surface area contributed by atoms with Crippen molar-refractivity contribution in [2.45, 2.75) is 32.7 Å². The van der Waals surface area contributed by atoms with Gasteiger partial charge in [0.15, 0.2) is 0 Å². The lowest BCUT2D eigenvalue weighted by atomic mass is 10.2. The van der Waals surface area contributed by atoms with Crippen LogP contribution in [0.3, 0.4) is 0 Å². The molecule has 0 atom stereocenters. The monoisotopic (exact) mass is 272 g/mol. The van der Waals surface area contributed by atoms with Crippen molar-refractivity contribution < 1.29 is 9.18 Å². The fourth-order valence-corrected chi connectivity index (χ4v) is 1.62. The van der Waals surface area contributed by atoms with Crippen LogP contribution < -0.4 is 10.6 Å². The second-order valence-electron chi connectivity index (χ2n) is 4.39. The number of hydrogen-bond donors (Lipinski definition) is 2. The Bertz CT molecular complexity index is 410. The van der Waals surface area contributed by atoms with E-state index in [4.69, 9.17) is 11.6 Å². The molecule has 0 aliphatic carbocycles. The smallest absolute Gasteiger partial charge is 0.224 e. The van der Waals surface area contributed by atoms with Crippen LogP contribution in [-0.2, 0) is 4.79 Å². The summed E-state index contributed by atoms with van der Waals surface area (Å²) in [6.45, 7) is 4.91. The van der Waals surface area contributed by atoms with E-state index < -0.39 is 5.82 Å². The van der Waals surface area contributed by atoms with Crippen LogP contribution in [0.5, 0.6) is 0 Å². The summed E-state index contributed by atoms with van der Waals surface area (Å²) in [6, 6.07) is 4.55. The molecule has 2 N–H and O–H groups in total. The van der Waals surface area contributed by atoms with Crippen LogP contribution >= 0.6 is 11.6 Å². The number of anilines is 1. The van der Waals surface area contributed by atoms with Gasteiger partial charge in [-0.1, -0.05) is 25.4 Å². The third-order valence-electron chi connectivity index (χ3n) is 2.34. The Labute approximate surface area is 112 Å². The van der Waals surface area contributed by atoms with Gasteiger partial charge in [0.05, 0.1) is 5.02 Å². The number of hydrogen-bond acceptors (Lipinski definition) is 2. The van der Waals surface area contributed by atoms with Gasteiger partial charge in [-0.15, -0.1) is 0 Å². The first-order valence-corrected chi connectivity index (χ1v) is 6.35. The number of carbonyl (C=O) groups excluding carboxylic acids is 1. The number of benzene rings is 1. The summed E-state index contributed by atoms with van der Waals surface area (Å²) in [6.07, 6.45) is 1.19. The normalized spacial score (nSPS) is 10.7. The fraction of sp³-hybridized carbons (Fsp3) is 0.462. The van der Waals surface area contributed by atoms with Gasteiger partial charge in [-0.2, -0.15) is 0 Å². The van der Waals surface area contributed by atoms with Crippen molar-refractivity contribution in [2.24, 2.45) is 0 Å². The minimum atomic E-state index is -0.490. The van der Waals surface area contributed by atoms with Crippen molar-refractivity contribution in [2.75, 3.05) is 11.9 Å². The standard InChI is InChI=1S/C13H18ClFN2O/c1-9(2)16-7-3-4-13(18)17-10-5-6-12(15)11(14)8-10/h5-6,8-9,16H,3-4,7H2,1-2H3,(H,17,18). The highest BCUT2D eigenvalue weighted by molar-refractivity contribution is 6.31. The minimum Gasteiger partial charge on any atom is -0.326 e. The van der Waals surface area contributed by atoms with Crippen molar-refractivity contribution in [1.29, 1.82) is 0 Å². The summed E-state index contributed by atoms with van der Waals surface area (Å²) in [5.74, 6) is -0.584. The van der Waals surface area contributed by atoms with Crippen LogP contribution in [-0.4, -0.2) is 18.5 Å². The van der Waals surface area contributed by atoms with E-state index in [1.54, 1.807) is 0 Å². The van der Waals surface area contributed by atoms with E-state index in [-0.39, 0.29) is 10.9 Å². The molecular weight excluding hydrogens is 255 g/mol. The van der Waals surface area contributed by atoms with Gasteiger partial charge in [-0.3, -0.25) is 4.79 Å². The average Bonchev–Trinajstić information content (AvgIpc) is 2.29. The van der Waals surface area contributed by atoms with E-state index in [0.29, 0.717) is 18.2 Å². The molecule has 18 heavy (non-hydrogen) atoms. The Hall–Kier alpha value is -1.13. The van der Waals surface area contributed by atoms with Crippen molar-refractivity contribution in [3.05, 3.63) is 29.0 Å². The molecule has 0 bridgehead atoms. The van der Waals surface area contributed by atoms with Gasteiger partial charge in [0.1, 0.15) is 5.82 Å². The molecule has 0 spiro atoms. The number of nitrogens with one attached hydrogen (secondary N) is 2. The molecule has 0 heterocycles. The maximum atomic E-state index is 12.9. The molecule has 0 fully saturated rings. The van der Waals surface area contributed by atoms with E-state index in [1.807, 2.05) is 0 Å². The zero-order valence-electron chi connectivity index (χ0n) is 10.6. The van der Waals surface area contributed by atoms with Crippen molar-refractivity contribution >= 4 is 23.2 Å². The van der Waals surface area contributed by atoms with E-state index >= 15 is 0 Å². The number of carbonyl (C=O) groups is 1. The highest BCUT2D eigenvalue weighted by Gasteiger charge is 2.05. The molecular formula is C13H18ClFN2O. The molecule has 0 saturated carbocycles. The van der Waals surface area contributed by atoms with Crippen LogP contribution in [0.4, 0.5) is 10.1 Å². The van der Waals surface area contributed by atoms with Crippen LogP contribution in [0.15, 0.2) is 18.2 Å². The summed E-state index contributed by atoms with van der Waals surface area (Å²) in [7, 11) is 0. The van der Waals surface area contributed by atoms with E-state index in [1.165, 1.54) is 18.2 Å². The van der Waals surface area contributed by atoms with Gasteiger partial charge < -0.3 is 10.6 Å². The molecule has 0 unspecified atom stereocenters. The first-order valence-electron chi connectivity index (χ1n) is 5.97. The Morgan fingerprint density at radius 2 is 2.17 bits per heavy atom. The summed E-state index contributed by atoms with van der Waals surface area (Å²) >= 11 is 5.62. The van der Waals surface area contributed by atoms with Gasteiger partial charge in [-0.05, 0) is 31.2 Å². The molecule has 0 aliphatic rings. The summed E-state index contributed by atoms with van der Waals surface area (Å²) < 4.78 is 12.9. The summed E-state index contributed by atoms with van der Waals surface area (Å²) in [4.78, 5) is 11.6. The quantitative estimate of drug-likeness (QED) is 0.781. The first-order chi connectivity index (χ1) is 8.49. The van der Waals surface area contributed by atoms with Crippen molar-refractivity contribution in [3.63, 3.8) is 0 Å². The first kappa shape index (κ1) is 14.9. The molecule has 3 nitrogen and oxygen atoms in total. The third kappa shape index (κ3) is 5.47. The lowest BCUT2D eigenvalue weighted by Crippen LogP contribution is -2.24. The Morgan fingerprint density at radius 3 is 2.78 bits per heavy atom. The molecule has 0 aliphatic heterocycles. The second-order valence-corrected chi connectivity index (χ2v) is 4.80. The van der Waals surface area contributed by atoms with Crippen LogP contribution in [0.1, 0.15) is 26.7 Å². The fourth-order valence-electron chi connectivity index (χ4n) is 1.44. The van der Waals surface area contributed by atoms with Gasteiger partial charge in [0, 0.05) is 18.2 Å². The lowest BCUT2D eigenvalue weighted by Gasteiger charge is -2.08. The van der Waals surface area contributed by atoms with Crippen molar-refractivity contribution in [3.8, 4) is 0 Å². The molecule has 1 rings (SSSR count). The predicted molar refractivity (Wildman–Crippen MR) is 72.4 cm³/mol. The molecule has 0 saturated heterocycles. The lowest BCUT2D eigenvalue weighted by molar-refractivity contribution is -0.116. The number of rotatable bonds is 6. The highest BCUT2D eigenvalue weighted by atomic mass is 35.5. The summed E-state index contributed by atoms with van der Waals surface area (Å²) in [5.41, 5.74) is 0.517. The third-order valence-corrected chi connectivity index (χ3v) is 2.63. The van der Waals surface area contributed by atoms with Crippen LogP contribution in [0, 0.1) is 5.82 Å². The maximum Gasteiger partial charge on any atom is 0.224 e. The Kier molecular flexibility index (Phi) is 6.09. The van der Waals surface area contributed by atoms with Crippen LogP contribution in [0.25, 0.3) is 0 Å². The largest absolute Gasteiger partial charge is 0.326 e. The zero-order chi connectivity index (χ0) is 13.5. The van der Waals surface area contributed by atoms with Gasteiger partial charge in [0.2, 0.25) is 5.91 Å². The molecule has 1 aromatic carbocycles. The van der Waals surface area contributed by atoms with E-state index in [9.17, 15) is 9.18 Å². The van der Waals surface area contributed by atoms with Gasteiger partial charge in [0.25, 0.3) is 0 Å². The molecule has 5 heteroatoms. The molecule has 1 aromatic rings. The number of halogens is 2. The summed E-state index contributed by atoms with van der Waals surface area (Å²) in [5, 5.41) is 5.92. The highest BCUT2D eigenvalue weighted by Crippen LogP contribution is 2.19. The topological polar surface area (TPSA) is 41.1 Å². The zero-order valence-corrected chi connectivity index (χ0v) is 11.4. The van der Waals surface area contributed by atoms with E-state index in [2.05, 4.69) is 24.5 Å².